The Hall–Kier alpha value is -3.22. The molecule has 0 radical (unpaired) electrons. The second-order valence-electron chi connectivity index (χ2n) is 5.71. The van der Waals surface area contributed by atoms with Crippen LogP contribution in [0.25, 0.3) is 10.8 Å². The van der Waals surface area contributed by atoms with E-state index in [0.29, 0.717) is 36.1 Å². The number of hydrogen-bond acceptors (Lipinski definition) is 4. The summed E-state index contributed by atoms with van der Waals surface area (Å²) in [6.07, 6.45) is 1.45. The highest BCUT2D eigenvalue weighted by Gasteiger charge is 2.13. The zero-order chi connectivity index (χ0) is 18.4. The maximum absolute atomic E-state index is 12.8. The lowest BCUT2D eigenvalue weighted by Gasteiger charge is -2.08. The van der Waals surface area contributed by atoms with Gasteiger partial charge in [0.25, 0.3) is 11.5 Å². The predicted octanol–water partition coefficient (Wildman–Crippen LogP) is 2.65. The van der Waals surface area contributed by atoms with Gasteiger partial charge in [0.1, 0.15) is 11.6 Å². The first-order valence-corrected chi connectivity index (χ1v) is 8.29. The molecule has 1 amide bonds. The second-order valence-corrected chi connectivity index (χ2v) is 5.71. The smallest absolute Gasteiger partial charge is 0.272 e. The molecular formula is C19H18FN3O3. The highest BCUT2D eigenvalue weighted by atomic mass is 19.1. The van der Waals surface area contributed by atoms with Crippen LogP contribution in [0.15, 0.2) is 53.3 Å². The van der Waals surface area contributed by atoms with Crippen molar-refractivity contribution in [1.29, 1.82) is 0 Å². The van der Waals surface area contributed by atoms with Crippen LogP contribution in [0.2, 0.25) is 0 Å². The summed E-state index contributed by atoms with van der Waals surface area (Å²) in [5.74, 6) is -0.0281. The molecule has 2 aromatic carbocycles. The standard InChI is InChI=1S/C19H18FN3O3/c20-13-7-9-14(10-8-13)26-12-4-3-11-21-19(25)17-15-5-1-2-6-16(15)18(24)23-22-17/h1-2,5-10H,3-4,11-12H2,(H,21,25)(H,23,24). The quantitative estimate of drug-likeness (QED) is 0.638. The van der Waals surface area contributed by atoms with Crippen molar-refractivity contribution in [3.05, 3.63) is 70.4 Å². The van der Waals surface area contributed by atoms with Crippen LogP contribution in [-0.4, -0.2) is 29.3 Å². The number of amides is 1. The fourth-order valence-corrected chi connectivity index (χ4v) is 2.52. The lowest BCUT2D eigenvalue weighted by molar-refractivity contribution is 0.0948. The van der Waals surface area contributed by atoms with Gasteiger partial charge in [-0.25, -0.2) is 9.49 Å². The molecule has 0 unspecified atom stereocenters. The van der Waals surface area contributed by atoms with Crippen molar-refractivity contribution in [2.75, 3.05) is 13.2 Å². The molecule has 0 saturated heterocycles. The Bertz CT molecular complexity index is 954. The molecule has 0 fully saturated rings. The van der Waals surface area contributed by atoms with E-state index in [9.17, 15) is 14.0 Å². The lowest BCUT2D eigenvalue weighted by atomic mass is 10.1. The van der Waals surface area contributed by atoms with Gasteiger partial charge in [-0.3, -0.25) is 9.59 Å². The van der Waals surface area contributed by atoms with Crippen molar-refractivity contribution in [1.82, 2.24) is 15.5 Å². The minimum atomic E-state index is -0.336. The van der Waals surface area contributed by atoms with E-state index in [-0.39, 0.29) is 23.0 Å². The highest BCUT2D eigenvalue weighted by Crippen LogP contribution is 2.13. The first-order valence-electron chi connectivity index (χ1n) is 8.29. The van der Waals surface area contributed by atoms with Gasteiger partial charge in [0.05, 0.1) is 12.0 Å². The molecule has 0 atom stereocenters. The molecule has 0 aliphatic rings. The molecule has 7 heteroatoms. The number of ether oxygens (including phenoxy) is 1. The molecule has 26 heavy (non-hydrogen) atoms. The summed E-state index contributed by atoms with van der Waals surface area (Å²) in [5, 5.41) is 9.95. The molecule has 1 heterocycles. The van der Waals surface area contributed by atoms with E-state index in [1.165, 1.54) is 12.1 Å². The van der Waals surface area contributed by atoms with E-state index in [1.807, 2.05) is 0 Å². The zero-order valence-electron chi connectivity index (χ0n) is 14.0. The van der Waals surface area contributed by atoms with E-state index in [4.69, 9.17) is 4.74 Å². The average molecular weight is 355 g/mol. The Morgan fingerprint density at radius 2 is 1.81 bits per heavy atom. The minimum Gasteiger partial charge on any atom is -0.494 e. The summed E-state index contributed by atoms with van der Waals surface area (Å²) in [4.78, 5) is 24.0. The van der Waals surface area contributed by atoms with Crippen molar-refractivity contribution in [2.45, 2.75) is 12.8 Å². The van der Waals surface area contributed by atoms with E-state index < -0.39 is 0 Å². The summed E-state index contributed by atoms with van der Waals surface area (Å²) >= 11 is 0. The summed E-state index contributed by atoms with van der Waals surface area (Å²) < 4.78 is 18.3. The van der Waals surface area contributed by atoms with E-state index in [2.05, 4.69) is 15.5 Å². The topological polar surface area (TPSA) is 84.1 Å². The van der Waals surface area contributed by atoms with E-state index in [1.54, 1.807) is 36.4 Å². The highest BCUT2D eigenvalue weighted by molar-refractivity contribution is 6.04. The van der Waals surface area contributed by atoms with Gasteiger partial charge < -0.3 is 10.1 Å². The Labute approximate surface area is 149 Å². The molecule has 6 nitrogen and oxygen atoms in total. The van der Waals surface area contributed by atoms with Crippen LogP contribution < -0.4 is 15.6 Å². The van der Waals surface area contributed by atoms with Gasteiger partial charge in [-0.1, -0.05) is 18.2 Å². The number of hydrogen-bond donors (Lipinski definition) is 2. The summed E-state index contributed by atoms with van der Waals surface area (Å²) in [5.41, 5.74) is -0.127. The molecule has 3 rings (SSSR count). The molecule has 0 aliphatic heterocycles. The third-order valence-electron chi connectivity index (χ3n) is 3.85. The van der Waals surface area contributed by atoms with Gasteiger partial charge in [0.15, 0.2) is 5.69 Å². The van der Waals surface area contributed by atoms with E-state index >= 15 is 0 Å². The first kappa shape index (κ1) is 17.6. The second kappa shape index (κ2) is 8.24. The van der Waals surface area contributed by atoms with E-state index in [0.717, 1.165) is 6.42 Å². The normalized spacial score (nSPS) is 10.7. The van der Waals surface area contributed by atoms with Gasteiger partial charge in [0.2, 0.25) is 0 Å². The number of nitrogens with zero attached hydrogens (tertiary/aromatic N) is 1. The molecule has 1 aromatic heterocycles. The minimum absolute atomic E-state index is 0.197. The van der Waals surface area contributed by atoms with Crippen LogP contribution in [0, 0.1) is 5.82 Å². The number of H-pyrrole nitrogens is 1. The number of carbonyl (C=O) groups is 1. The van der Waals surface area contributed by atoms with Gasteiger partial charge in [-0.15, -0.1) is 0 Å². The number of fused-ring (bicyclic) bond motifs is 1. The van der Waals surface area contributed by atoms with Crippen molar-refractivity contribution in [3.8, 4) is 5.75 Å². The fourth-order valence-electron chi connectivity index (χ4n) is 2.52. The number of aromatic amines is 1. The van der Waals surface area contributed by atoms with Crippen LogP contribution >= 0.6 is 0 Å². The maximum atomic E-state index is 12.8. The summed E-state index contributed by atoms with van der Waals surface area (Å²) in [7, 11) is 0. The third kappa shape index (κ3) is 4.24. The molecule has 0 aliphatic carbocycles. The van der Waals surface area contributed by atoms with Crippen molar-refractivity contribution < 1.29 is 13.9 Å². The van der Waals surface area contributed by atoms with Gasteiger partial charge >= 0.3 is 0 Å². The third-order valence-corrected chi connectivity index (χ3v) is 3.85. The lowest BCUT2D eigenvalue weighted by Crippen LogP contribution is -2.27. The Kier molecular flexibility index (Phi) is 5.58. The maximum Gasteiger partial charge on any atom is 0.272 e. The van der Waals surface area contributed by atoms with Crippen molar-refractivity contribution in [2.24, 2.45) is 0 Å². The van der Waals surface area contributed by atoms with Crippen LogP contribution in [0.3, 0.4) is 0 Å². The number of benzene rings is 2. The largest absolute Gasteiger partial charge is 0.494 e. The number of nitrogens with one attached hydrogen (secondary N) is 2. The number of halogens is 1. The first-order chi connectivity index (χ1) is 12.6. The Morgan fingerprint density at radius 3 is 2.58 bits per heavy atom. The van der Waals surface area contributed by atoms with Crippen LogP contribution in [0.1, 0.15) is 23.3 Å². The molecule has 3 aromatic rings. The molecule has 0 bridgehead atoms. The van der Waals surface area contributed by atoms with Crippen LogP contribution in [-0.2, 0) is 0 Å². The monoisotopic (exact) mass is 355 g/mol. The summed E-state index contributed by atoms with van der Waals surface area (Å²) in [6, 6.07) is 12.7. The number of rotatable bonds is 7. The number of carbonyl (C=O) groups excluding carboxylic acids is 1. The zero-order valence-corrected chi connectivity index (χ0v) is 14.0. The van der Waals surface area contributed by atoms with Crippen molar-refractivity contribution in [3.63, 3.8) is 0 Å². The molecule has 134 valence electrons. The van der Waals surface area contributed by atoms with Gasteiger partial charge in [-0.05, 0) is 43.2 Å². The number of unbranched alkanes of at least 4 members (excludes halogenated alkanes) is 1. The predicted molar refractivity (Wildman–Crippen MR) is 95.8 cm³/mol. The molecular weight excluding hydrogens is 337 g/mol. The summed E-state index contributed by atoms with van der Waals surface area (Å²) in [6.45, 7) is 0.933. The van der Waals surface area contributed by atoms with Gasteiger partial charge in [-0.2, -0.15) is 5.10 Å². The van der Waals surface area contributed by atoms with Crippen LogP contribution in [0.5, 0.6) is 5.75 Å². The van der Waals surface area contributed by atoms with Gasteiger partial charge in [0, 0.05) is 11.9 Å². The fraction of sp³-hybridized carbons (Fsp3) is 0.211. The van der Waals surface area contributed by atoms with Crippen molar-refractivity contribution >= 4 is 16.7 Å². The average Bonchev–Trinajstić information content (AvgIpc) is 2.66. The van der Waals surface area contributed by atoms with Crippen LogP contribution in [0.4, 0.5) is 4.39 Å². The Morgan fingerprint density at radius 1 is 1.08 bits per heavy atom. The molecule has 2 N–H and O–H groups in total. The Balaban J connectivity index is 1.47. The molecule has 0 spiro atoms. The number of aromatic nitrogens is 2. The molecule has 0 saturated carbocycles. The SMILES string of the molecule is O=C(NCCCCOc1ccc(F)cc1)c1n[nH]c(=O)c2ccccc12.